The molecule has 0 spiro atoms. The Bertz CT molecular complexity index is 173. The van der Waals surface area contributed by atoms with Gasteiger partial charge in [0.25, 0.3) is 0 Å². The average molecular weight is 143 g/mol. The van der Waals surface area contributed by atoms with Gasteiger partial charge in [-0.3, -0.25) is 0 Å². The number of hydrogen-bond donors (Lipinski definition) is 1. The smallest absolute Gasteiger partial charge is 0.240 e. The summed E-state index contributed by atoms with van der Waals surface area (Å²) in [6, 6.07) is 0. The molecule has 0 atom stereocenters. The standard InChI is InChI=1S/C4H7N3O.C2H6/c1-3-6-4(2-5)8-7-3;1-2/h2,5H2,1H3;1-2H3. The average Bonchev–Trinajstić information content (AvgIpc) is 2.40. The minimum atomic E-state index is 0.320. The summed E-state index contributed by atoms with van der Waals surface area (Å²) in [6.45, 7) is 6.07. The molecule has 58 valence electrons. The molecule has 2 N–H and O–H groups in total. The molecular formula is C6H13N3O. The van der Waals surface area contributed by atoms with Gasteiger partial charge < -0.3 is 10.3 Å². The van der Waals surface area contributed by atoms with Gasteiger partial charge in [0, 0.05) is 0 Å². The van der Waals surface area contributed by atoms with Crippen LogP contribution in [-0.4, -0.2) is 10.1 Å². The highest BCUT2D eigenvalue weighted by atomic mass is 16.5. The Balaban J connectivity index is 0.000000371. The van der Waals surface area contributed by atoms with Crippen molar-refractivity contribution in [1.29, 1.82) is 0 Å². The van der Waals surface area contributed by atoms with Gasteiger partial charge in [-0.1, -0.05) is 19.0 Å². The molecule has 1 aromatic rings. The lowest BCUT2D eigenvalue weighted by atomic mass is 10.6. The second kappa shape index (κ2) is 4.93. The van der Waals surface area contributed by atoms with Crippen molar-refractivity contribution in [2.75, 3.05) is 0 Å². The third-order valence-electron chi connectivity index (χ3n) is 0.744. The fourth-order valence-corrected chi connectivity index (χ4v) is 0.423. The fourth-order valence-electron chi connectivity index (χ4n) is 0.423. The van der Waals surface area contributed by atoms with Crippen molar-refractivity contribution >= 4 is 0 Å². The molecule has 0 saturated heterocycles. The highest BCUT2D eigenvalue weighted by molar-refractivity contribution is 4.80. The second-order valence-corrected chi connectivity index (χ2v) is 1.44. The number of nitrogens with zero attached hydrogens (tertiary/aromatic N) is 2. The van der Waals surface area contributed by atoms with E-state index in [1.165, 1.54) is 0 Å². The zero-order chi connectivity index (χ0) is 7.98. The third-order valence-corrected chi connectivity index (χ3v) is 0.744. The maximum atomic E-state index is 5.17. The minimum Gasteiger partial charge on any atom is -0.338 e. The molecule has 0 bridgehead atoms. The first-order chi connectivity index (χ1) is 4.83. The van der Waals surface area contributed by atoms with E-state index in [2.05, 4.69) is 14.7 Å². The molecule has 0 amide bonds. The first kappa shape index (κ1) is 9.10. The van der Waals surface area contributed by atoms with Gasteiger partial charge in [0.05, 0.1) is 6.54 Å². The number of nitrogens with two attached hydrogens (primary N) is 1. The molecule has 4 heteroatoms. The molecule has 10 heavy (non-hydrogen) atoms. The largest absolute Gasteiger partial charge is 0.338 e. The highest BCUT2D eigenvalue weighted by Crippen LogP contribution is 1.91. The van der Waals surface area contributed by atoms with E-state index >= 15 is 0 Å². The van der Waals surface area contributed by atoms with E-state index < -0.39 is 0 Å². The molecule has 4 nitrogen and oxygen atoms in total. The first-order valence-corrected chi connectivity index (χ1v) is 3.32. The van der Waals surface area contributed by atoms with Gasteiger partial charge in [-0.2, -0.15) is 4.98 Å². The van der Waals surface area contributed by atoms with Gasteiger partial charge in [0.1, 0.15) is 0 Å². The van der Waals surface area contributed by atoms with Gasteiger partial charge in [-0.25, -0.2) is 0 Å². The Kier molecular flexibility index (Phi) is 4.49. The summed E-state index contributed by atoms with van der Waals surface area (Å²) in [5, 5.41) is 3.52. The lowest BCUT2D eigenvalue weighted by molar-refractivity contribution is 0.376. The van der Waals surface area contributed by atoms with Crippen LogP contribution < -0.4 is 5.73 Å². The van der Waals surface area contributed by atoms with E-state index in [0.717, 1.165) is 0 Å². The highest BCUT2D eigenvalue weighted by Gasteiger charge is 1.95. The molecule has 0 saturated carbocycles. The number of rotatable bonds is 1. The summed E-state index contributed by atoms with van der Waals surface area (Å²) < 4.78 is 4.63. The Hall–Kier alpha value is -0.900. The van der Waals surface area contributed by atoms with Crippen LogP contribution >= 0.6 is 0 Å². The predicted octanol–water partition coefficient (Wildman–Crippen LogP) is 0.863. The summed E-state index contributed by atoms with van der Waals surface area (Å²) in [5.74, 6) is 1.12. The second-order valence-electron chi connectivity index (χ2n) is 1.44. The van der Waals surface area contributed by atoms with Crippen LogP contribution in [0.4, 0.5) is 0 Å². The summed E-state index contributed by atoms with van der Waals surface area (Å²) in [5.41, 5.74) is 5.17. The van der Waals surface area contributed by atoms with E-state index in [1.54, 1.807) is 6.92 Å². The first-order valence-electron chi connectivity index (χ1n) is 3.32. The monoisotopic (exact) mass is 143 g/mol. The van der Waals surface area contributed by atoms with Crippen molar-refractivity contribution in [1.82, 2.24) is 10.1 Å². The molecular weight excluding hydrogens is 130 g/mol. The molecule has 0 aromatic carbocycles. The van der Waals surface area contributed by atoms with Crippen molar-refractivity contribution in [2.45, 2.75) is 27.3 Å². The minimum absolute atomic E-state index is 0.320. The van der Waals surface area contributed by atoms with Gasteiger partial charge in [-0.15, -0.1) is 0 Å². The van der Waals surface area contributed by atoms with Crippen molar-refractivity contribution in [3.05, 3.63) is 11.7 Å². The molecule has 0 aliphatic heterocycles. The van der Waals surface area contributed by atoms with Gasteiger partial charge in [0.2, 0.25) is 5.89 Å². The van der Waals surface area contributed by atoms with Gasteiger partial charge in [-0.05, 0) is 6.92 Å². The lowest BCUT2D eigenvalue weighted by Crippen LogP contribution is -1.95. The van der Waals surface area contributed by atoms with Crippen LogP contribution in [-0.2, 0) is 6.54 Å². The summed E-state index contributed by atoms with van der Waals surface area (Å²) in [6.07, 6.45) is 0. The maximum absolute atomic E-state index is 5.17. The number of hydrogen-bond acceptors (Lipinski definition) is 4. The summed E-state index contributed by atoms with van der Waals surface area (Å²) in [4.78, 5) is 3.83. The molecule has 1 rings (SSSR count). The molecule has 0 aliphatic rings. The maximum Gasteiger partial charge on any atom is 0.240 e. The molecule has 0 unspecified atom stereocenters. The van der Waals surface area contributed by atoms with Crippen molar-refractivity contribution in [3.63, 3.8) is 0 Å². The number of aromatic nitrogens is 2. The lowest BCUT2D eigenvalue weighted by Gasteiger charge is -1.75. The van der Waals surface area contributed by atoms with Gasteiger partial charge in [0.15, 0.2) is 5.82 Å². The van der Waals surface area contributed by atoms with E-state index in [0.29, 0.717) is 18.3 Å². The molecule has 1 aromatic heterocycles. The van der Waals surface area contributed by atoms with Crippen molar-refractivity contribution < 1.29 is 4.52 Å². The zero-order valence-electron chi connectivity index (χ0n) is 6.59. The summed E-state index contributed by atoms with van der Waals surface area (Å²) >= 11 is 0. The van der Waals surface area contributed by atoms with Gasteiger partial charge >= 0.3 is 0 Å². The molecule has 0 aliphatic carbocycles. The number of aryl methyl sites for hydroxylation is 1. The Morgan fingerprint density at radius 3 is 2.30 bits per heavy atom. The third kappa shape index (κ3) is 2.59. The Morgan fingerprint density at radius 2 is 2.10 bits per heavy atom. The van der Waals surface area contributed by atoms with E-state index in [1.807, 2.05) is 13.8 Å². The predicted molar refractivity (Wildman–Crippen MR) is 38.3 cm³/mol. The van der Waals surface area contributed by atoms with Crippen LogP contribution in [0.25, 0.3) is 0 Å². The molecule has 0 fully saturated rings. The van der Waals surface area contributed by atoms with Crippen molar-refractivity contribution in [2.24, 2.45) is 5.73 Å². The Labute approximate surface area is 60.4 Å². The van der Waals surface area contributed by atoms with E-state index in [9.17, 15) is 0 Å². The fraction of sp³-hybridized carbons (Fsp3) is 0.667. The van der Waals surface area contributed by atoms with E-state index in [4.69, 9.17) is 5.73 Å². The SMILES string of the molecule is CC.Cc1noc(CN)n1. The molecule has 1 heterocycles. The quantitative estimate of drug-likeness (QED) is 0.633. The zero-order valence-corrected chi connectivity index (χ0v) is 6.59. The summed E-state index contributed by atoms with van der Waals surface area (Å²) in [7, 11) is 0. The van der Waals surface area contributed by atoms with Crippen LogP contribution in [0.1, 0.15) is 25.6 Å². The van der Waals surface area contributed by atoms with Crippen molar-refractivity contribution in [3.8, 4) is 0 Å². The van der Waals surface area contributed by atoms with Crippen LogP contribution in [0.3, 0.4) is 0 Å². The topological polar surface area (TPSA) is 64.9 Å². The Morgan fingerprint density at radius 1 is 1.50 bits per heavy atom. The van der Waals surface area contributed by atoms with Crippen LogP contribution in [0.2, 0.25) is 0 Å². The van der Waals surface area contributed by atoms with Crippen LogP contribution in [0.5, 0.6) is 0 Å². The van der Waals surface area contributed by atoms with E-state index in [-0.39, 0.29) is 0 Å². The van der Waals surface area contributed by atoms with Crippen LogP contribution in [0, 0.1) is 6.92 Å². The normalized spacial score (nSPS) is 8.40. The van der Waals surface area contributed by atoms with Crippen LogP contribution in [0.15, 0.2) is 4.52 Å². The molecule has 0 radical (unpaired) electrons.